The second-order valence-electron chi connectivity index (χ2n) is 24.9. The number of anilines is 1. The molecule has 12 atom stereocenters. The van der Waals surface area contributed by atoms with E-state index in [1.165, 1.54) is 26.2 Å². The van der Waals surface area contributed by atoms with Gasteiger partial charge in [-0.25, -0.2) is 9.59 Å². The zero-order valence-corrected chi connectivity index (χ0v) is 55.4. The number of benzene rings is 2. The number of primary amides is 1. The summed E-state index contributed by atoms with van der Waals surface area (Å²) in [4.78, 5) is 139. The predicted molar refractivity (Wildman–Crippen MR) is 338 cm³/mol. The Kier molecular flexibility index (Phi) is 31.7. The Morgan fingerprint density at radius 3 is 1.90 bits per heavy atom. The van der Waals surface area contributed by atoms with Gasteiger partial charge in [0, 0.05) is 65.9 Å². The normalized spacial score (nSPS) is 17.0. The number of aliphatic hydroxyl groups is 1. The fraction of sp³-hybridized carbons (Fsp3) is 0.662. The average Bonchev–Trinajstić information content (AvgIpc) is 2.44. The van der Waals surface area contributed by atoms with Crippen molar-refractivity contribution in [1.29, 1.82) is 0 Å². The van der Waals surface area contributed by atoms with Crippen LogP contribution in [-0.4, -0.2) is 175 Å². The van der Waals surface area contributed by atoms with Crippen molar-refractivity contribution in [2.75, 3.05) is 46.7 Å². The number of methoxy groups -OCH3 is 2. The first-order valence-electron chi connectivity index (χ1n) is 31.3. The molecular formula is C65H104N10O14. The summed E-state index contributed by atoms with van der Waals surface area (Å²) in [5, 5.41) is 27.5. The van der Waals surface area contributed by atoms with Crippen LogP contribution in [-0.2, 0) is 59.2 Å². The number of nitrogens with one attached hydrogen (secondary N) is 6. The first-order chi connectivity index (χ1) is 41.9. The number of nitrogens with zero attached hydrogens (tertiary/aromatic N) is 3. The number of aliphatic hydroxyl groups excluding tert-OH is 1. The van der Waals surface area contributed by atoms with Crippen LogP contribution in [0.5, 0.6) is 0 Å². The molecule has 89 heavy (non-hydrogen) atoms. The SMILES string of the molecule is CC[C@H](C)[C@@H]([C@@H](CC(=O)N1CCC[C@H]1[C@H](OC)[C@@H](C)C(=O)N[C@H](C)[C@@H](O)c1ccccc1)OC)N(C)C(=O)[C@@H](NC(=O)[C@H](C(C)C)N(C)C(=O)OCc1ccc(NC(=O)[C@H](CCCNC(N)=O)NC(=O)[C@@H](NC(=O)CCC(=O)C(C)C)C(C)C)cc1)C(C)C. The summed E-state index contributed by atoms with van der Waals surface area (Å²) in [6.07, 6.45) is -1.11. The molecule has 0 saturated carbocycles. The van der Waals surface area contributed by atoms with E-state index in [0.29, 0.717) is 42.6 Å². The van der Waals surface area contributed by atoms with Crippen molar-refractivity contribution in [3.05, 3.63) is 65.7 Å². The quantitative estimate of drug-likeness (QED) is 0.0386. The van der Waals surface area contributed by atoms with E-state index in [-0.39, 0.29) is 80.6 Å². The van der Waals surface area contributed by atoms with Gasteiger partial charge in [-0.1, -0.05) is 125 Å². The Hall–Kier alpha value is -7.18. The number of Topliss-reactive ketones (excluding diaryl/α,β-unsaturated/α-hetero) is 1. The molecule has 1 saturated heterocycles. The van der Waals surface area contributed by atoms with Crippen LogP contribution in [0.3, 0.4) is 0 Å². The van der Waals surface area contributed by atoms with Gasteiger partial charge in [-0.3, -0.25) is 43.3 Å². The molecule has 3 rings (SSSR count). The van der Waals surface area contributed by atoms with Crippen molar-refractivity contribution in [3.8, 4) is 0 Å². The van der Waals surface area contributed by atoms with Gasteiger partial charge in [0.15, 0.2) is 0 Å². The third-order valence-corrected chi connectivity index (χ3v) is 16.8. The van der Waals surface area contributed by atoms with Crippen LogP contribution < -0.4 is 37.6 Å². The number of hydrogen-bond acceptors (Lipinski definition) is 14. The molecular weight excluding hydrogens is 1140 g/mol. The molecule has 1 heterocycles. The van der Waals surface area contributed by atoms with Gasteiger partial charge >= 0.3 is 12.1 Å². The third-order valence-electron chi connectivity index (χ3n) is 16.8. The Morgan fingerprint density at radius 1 is 0.719 bits per heavy atom. The zero-order chi connectivity index (χ0) is 67.0. The van der Waals surface area contributed by atoms with Crippen molar-refractivity contribution in [2.24, 2.45) is 41.2 Å². The van der Waals surface area contributed by atoms with E-state index >= 15 is 0 Å². The minimum Gasteiger partial charge on any atom is -0.445 e. The lowest BCUT2D eigenvalue weighted by atomic mass is 9.89. The van der Waals surface area contributed by atoms with Gasteiger partial charge in [0.2, 0.25) is 41.4 Å². The molecule has 0 bridgehead atoms. The summed E-state index contributed by atoms with van der Waals surface area (Å²) >= 11 is 0. The Labute approximate surface area is 526 Å². The molecule has 1 fully saturated rings. The first kappa shape index (κ1) is 76.1. The number of amides is 10. The van der Waals surface area contributed by atoms with Crippen LogP contribution in [0.2, 0.25) is 0 Å². The number of likely N-dealkylation sites (N-methyl/N-ethyl adjacent to an activating group) is 2. The van der Waals surface area contributed by atoms with Crippen LogP contribution in [0.25, 0.3) is 0 Å². The molecule has 0 spiro atoms. The number of likely N-dealkylation sites (tertiary alicyclic amines) is 1. The lowest BCUT2D eigenvalue weighted by Gasteiger charge is -2.41. The Morgan fingerprint density at radius 2 is 1.35 bits per heavy atom. The van der Waals surface area contributed by atoms with Crippen molar-refractivity contribution >= 4 is 64.9 Å². The molecule has 24 nitrogen and oxygen atoms in total. The summed E-state index contributed by atoms with van der Waals surface area (Å²) < 4.78 is 17.7. The number of ketones is 1. The molecule has 24 heteroatoms. The number of carbonyl (C=O) groups excluding carboxylic acids is 10. The maximum atomic E-state index is 14.8. The van der Waals surface area contributed by atoms with Crippen molar-refractivity contribution in [1.82, 2.24) is 41.3 Å². The minimum atomic E-state index is -1.11. The van der Waals surface area contributed by atoms with E-state index < -0.39 is 120 Å². The summed E-state index contributed by atoms with van der Waals surface area (Å²) in [7, 11) is 6.09. The molecule has 0 aliphatic carbocycles. The Balaban J connectivity index is 1.71. The molecule has 1 aliphatic rings. The van der Waals surface area contributed by atoms with Crippen LogP contribution >= 0.6 is 0 Å². The Bertz CT molecular complexity index is 2640. The fourth-order valence-electron chi connectivity index (χ4n) is 11.2. The average molecular weight is 1250 g/mol. The summed E-state index contributed by atoms with van der Waals surface area (Å²) in [5.41, 5.74) is 6.76. The van der Waals surface area contributed by atoms with Crippen LogP contribution in [0.15, 0.2) is 54.6 Å². The number of nitrogens with two attached hydrogens (primary N) is 1. The lowest BCUT2D eigenvalue weighted by Crippen LogP contribution is -2.60. The maximum absolute atomic E-state index is 14.8. The van der Waals surface area contributed by atoms with E-state index in [2.05, 4.69) is 31.9 Å². The molecule has 0 unspecified atom stereocenters. The number of urea groups is 1. The molecule has 0 radical (unpaired) electrons. The molecule has 9 N–H and O–H groups in total. The van der Waals surface area contributed by atoms with Gasteiger partial charge < -0.3 is 66.8 Å². The number of carbonyl (C=O) groups is 10. The van der Waals surface area contributed by atoms with E-state index in [4.69, 9.17) is 19.9 Å². The van der Waals surface area contributed by atoms with Crippen LogP contribution in [0.4, 0.5) is 15.3 Å². The van der Waals surface area contributed by atoms with Gasteiger partial charge in [0.25, 0.3) is 0 Å². The standard InChI is InChI=1S/C65H104N10O14/c1-17-41(10)56(50(87-15)35-52(78)75-34-22-26-48(75)58(88-16)42(11)59(80)68-43(12)57(79)45-23-19-18-20-24-45)73(13)63(84)54(39(6)7)72-62(83)55(40(8)9)74(14)65(86)89-36-44-27-29-46(30-28-44)69-60(81)47(25-21-33-67-64(66)85)70-61(82)53(38(4)5)71-51(77)32-31-49(76)37(2)3/h18-20,23-24,27-30,37-43,47-48,50,53-58,79H,17,21-22,25-26,31-36H2,1-16H3,(H,68,80)(H,69,81)(H,70,82)(H,71,77)(H,72,83)(H3,66,67,85)/t41-,42+,43+,47-,48-,50+,53-,54-,55-,56-,57+,58+/m0/s1. The lowest BCUT2D eigenvalue weighted by molar-refractivity contribution is -0.148. The summed E-state index contributed by atoms with van der Waals surface area (Å²) in [6.45, 7) is 21.8. The zero-order valence-electron chi connectivity index (χ0n) is 55.4. The molecule has 498 valence electrons. The van der Waals surface area contributed by atoms with Crippen LogP contribution in [0, 0.1) is 35.5 Å². The second kappa shape index (κ2) is 37.1. The fourth-order valence-corrected chi connectivity index (χ4v) is 11.2. The molecule has 2 aromatic carbocycles. The summed E-state index contributed by atoms with van der Waals surface area (Å²) in [6, 6.07) is 8.77. The van der Waals surface area contributed by atoms with Crippen LogP contribution in [0.1, 0.15) is 152 Å². The summed E-state index contributed by atoms with van der Waals surface area (Å²) in [5.74, 6) is -5.67. The minimum absolute atomic E-state index is 0.0217. The maximum Gasteiger partial charge on any atom is 0.410 e. The second-order valence-corrected chi connectivity index (χ2v) is 24.9. The number of hydrogen-bond donors (Lipinski definition) is 8. The molecule has 2 aromatic rings. The molecule has 0 aromatic heterocycles. The number of rotatable bonds is 36. The van der Waals surface area contributed by atoms with E-state index in [1.807, 2.05) is 32.0 Å². The van der Waals surface area contributed by atoms with Gasteiger partial charge in [-0.15, -0.1) is 0 Å². The van der Waals surface area contributed by atoms with Crippen molar-refractivity contribution < 1.29 is 67.3 Å². The number of ether oxygens (including phenoxy) is 3. The largest absolute Gasteiger partial charge is 0.445 e. The van der Waals surface area contributed by atoms with Gasteiger partial charge in [0.1, 0.15) is 36.6 Å². The molecule has 1 aliphatic heterocycles. The van der Waals surface area contributed by atoms with Gasteiger partial charge in [-0.2, -0.15) is 0 Å². The van der Waals surface area contributed by atoms with Gasteiger partial charge in [-0.05, 0) is 79.5 Å². The van der Waals surface area contributed by atoms with Crippen molar-refractivity contribution in [2.45, 2.75) is 202 Å². The topological polar surface area (TPSA) is 327 Å². The monoisotopic (exact) mass is 1250 g/mol. The third kappa shape index (κ3) is 23.0. The van der Waals surface area contributed by atoms with Gasteiger partial charge in [0.05, 0.1) is 48.8 Å². The smallest absolute Gasteiger partial charge is 0.410 e. The van der Waals surface area contributed by atoms with E-state index in [0.717, 1.165) is 0 Å². The highest BCUT2D eigenvalue weighted by Gasteiger charge is 2.44. The highest BCUT2D eigenvalue weighted by atomic mass is 16.6. The highest BCUT2D eigenvalue weighted by molar-refractivity contribution is 5.99. The van der Waals surface area contributed by atoms with Crippen molar-refractivity contribution in [3.63, 3.8) is 0 Å². The predicted octanol–water partition coefficient (Wildman–Crippen LogP) is 5.60. The van der Waals surface area contributed by atoms with E-state index in [1.54, 1.807) is 122 Å². The molecule has 10 amide bonds. The van der Waals surface area contributed by atoms with E-state index in [9.17, 15) is 53.1 Å². The highest BCUT2D eigenvalue weighted by Crippen LogP contribution is 2.30. The first-order valence-corrected chi connectivity index (χ1v) is 31.3.